The molecule has 0 aromatic carbocycles. The third-order valence-corrected chi connectivity index (χ3v) is 2.96. The van der Waals surface area contributed by atoms with E-state index >= 15 is 0 Å². The summed E-state index contributed by atoms with van der Waals surface area (Å²) in [5.41, 5.74) is 1.98. The molecule has 1 fully saturated rings. The van der Waals surface area contributed by atoms with Crippen molar-refractivity contribution >= 4 is 5.78 Å². The average molecular weight is 219 g/mol. The van der Waals surface area contributed by atoms with Gasteiger partial charge in [-0.1, -0.05) is 6.07 Å². The lowest BCUT2D eigenvalue weighted by Crippen LogP contribution is -2.15. The van der Waals surface area contributed by atoms with Gasteiger partial charge in [0, 0.05) is 25.6 Å². The van der Waals surface area contributed by atoms with Crippen molar-refractivity contribution in [2.45, 2.75) is 38.7 Å². The van der Waals surface area contributed by atoms with E-state index in [9.17, 15) is 4.79 Å². The number of pyridine rings is 1. The van der Waals surface area contributed by atoms with Gasteiger partial charge in [-0.3, -0.25) is 9.78 Å². The molecule has 0 aliphatic carbocycles. The fraction of sp³-hybridized carbons (Fsp3) is 0.538. The number of aromatic nitrogens is 1. The first kappa shape index (κ1) is 11.3. The summed E-state index contributed by atoms with van der Waals surface area (Å²) in [4.78, 5) is 16.0. The van der Waals surface area contributed by atoms with Gasteiger partial charge < -0.3 is 4.74 Å². The largest absolute Gasteiger partial charge is 0.378 e. The smallest absolute Gasteiger partial charge is 0.141 e. The number of hydrogen-bond acceptors (Lipinski definition) is 3. The summed E-state index contributed by atoms with van der Waals surface area (Å²) >= 11 is 0. The highest BCUT2D eigenvalue weighted by molar-refractivity contribution is 5.81. The highest BCUT2D eigenvalue weighted by atomic mass is 16.5. The molecule has 0 spiro atoms. The van der Waals surface area contributed by atoms with Crippen LogP contribution in [0.4, 0.5) is 0 Å². The molecule has 0 N–H and O–H groups in total. The summed E-state index contributed by atoms with van der Waals surface area (Å²) in [5, 5.41) is 0. The van der Waals surface area contributed by atoms with Gasteiger partial charge >= 0.3 is 0 Å². The number of nitrogens with zero attached hydrogens (tertiary/aromatic N) is 1. The second kappa shape index (κ2) is 5.21. The van der Waals surface area contributed by atoms with Crippen molar-refractivity contribution in [1.29, 1.82) is 0 Å². The molecule has 1 atom stereocenters. The fourth-order valence-electron chi connectivity index (χ4n) is 2.02. The molecule has 1 aliphatic rings. The second-order valence-electron chi connectivity index (χ2n) is 4.32. The predicted molar refractivity (Wildman–Crippen MR) is 61.3 cm³/mol. The van der Waals surface area contributed by atoms with E-state index in [1.807, 2.05) is 19.1 Å². The van der Waals surface area contributed by atoms with Crippen LogP contribution in [-0.2, 0) is 16.0 Å². The molecule has 0 bridgehead atoms. The number of hydrogen-bond donors (Lipinski definition) is 0. The van der Waals surface area contributed by atoms with Crippen molar-refractivity contribution in [1.82, 2.24) is 4.98 Å². The standard InChI is InChI=1S/C13H17NO2/c1-10-4-2-6-14-13(10)9-11(15)8-12-5-3-7-16-12/h2,4,6,12H,3,5,7-9H2,1H3. The Hall–Kier alpha value is -1.22. The van der Waals surface area contributed by atoms with Gasteiger partial charge in [0.2, 0.25) is 0 Å². The molecule has 0 radical (unpaired) electrons. The van der Waals surface area contributed by atoms with Crippen LogP contribution in [0.2, 0.25) is 0 Å². The Morgan fingerprint density at radius 3 is 3.19 bits per heavy atom. The van der Waals surface area contributed by atoms with Crippen LogP contribution in [0.3, 0.4) is 0 Å². The number of aryl methyl sites for hydroxylation is 1. The lowest BCUT2D eigenvalue weighted by atomic mass is 10.0. The van der Waals surface area contributed by atoms with Crippen molar-refractivity contribution in [3.05, 3.63) is 29.6 Å². The number of ether oxygens (including phenoxy) is 1. The first-order valence-electron chi connectivity index (χ1n) is 5.79. The molecule has 2 rings (SSSR count). The monoisotopic (exact) mass is 219 g/mol. The molecule has 3 nitrogen and oxygen atoms in total. The number of ketones is 1. The van der Waals surface area contributed by atoms with Crippen LogP contribution in [-0.4, -0.2) is 23.5 Å². The van der Waals surface area contributed by atoms with E-state index in [0.717, 1.165) is 30.7 Å². The zero-order valence-corrected chi connectivity index (χ0v) is 9.61. The maximum Gasteiger partial charge on any atom is 0.141 e. The van der Waals surface area contributed by atoms with Crippen LogP contribution in [0.5, 0.6) is 0 Å². The maximum atomic E-state index is 11.8. The summed E-state index contributed by atoms with van der Waals surface area (Å²) in [7, 11) is 0. The number of rotatable bonds is 4. The summed E-state index contributed by atoms with van der Waals surface area (Å²) in [6.07, 6.45) is 4.97. The topological polar surface area (TPSA) is 39.2 Å². The van der Waals surface area contributed by atoms with Gasteiger partial charge in [0.05, 0.1) is 11.8 Å². The van der Waals surface area contributed by atoms with Crippen LogP contribution in [0.15, 0.2) is 18.3 Å². The van der Waals surface area contributed by atoms with Gasteiger partial charge in [-0.05, 0) is 31.4 Å². The van der Waals surface area contributed by atoms with Gasteiger partial charge in [0.15, 0.2) is 0 Å². The zero-order chi connectivity index (χ0) is 11.4. The van der Waals surface area contributed by atoms with E-state index in [-0.39, 0.29) is 11.9 Å². The molecule has 1 unspecified atom stereocenters. The Morgan fingerprint density at radius 1 is 1.62 bits per heavy atom. The van der Waals surface area contributed by atoms with Gasteiger partial charge in [0.1, 0.15) is 5.78 Å². The summed E-state index contributed by atoms with van der Waals surface area (Å²) in [5.74, 6) is 0.230. The van der Waals surface area contributed by atoms with E-state index < -0.39 is 0 Å². The second-order valence-corrected chi connectivity index (χ2v) is 4.32. The Morgan fingerprint density at radius 2 is 2.50 bits per heavy atom. The van der Waals surface area contributed by atoms with Gasteiger partial charge in [0.25, 0.3) is 0 Å². The molecule has 86 valence electrons. The molecule has 2 heterocycles. The minimum atomic E-state index is 0.150. The van der Waals surface area contributed by atoms with E-state index in [4.69, 9.17) is 4.74 Å². The van der Waals surface area contributed by atoms with Crippen molar-refractivity contribution in [2.75, 3.05) is 6.61 Å². The first-order chi connectivity index (χ1) is 7.75. The average Bonchev–Trinajstić information content (AvgIpc) is 2.74. The zero-order valence-electron chi connectivity index (χ0n) is 9.61. The third kappa shape index (κ3) is 2.89. The fourth-order valence-corrected chi connectivity index (χ4v) is 2.02. The SMILES string of the molecule is Cc1cccnc1CC(=O)CC1CCCO1. The number of carbonyl (C=O) groups is 1. The molecule has 1 aromatic rings. The summed E-state index contributed by atoms with van der Waals surface area (Å²) in [6.45, 7) is 2.79. The van der Waals surface area contributed by atoms with E-state index in [1.165, 1.54) is 0 Å². The van der Waals surface area contributed by atoms with Crippen LogP contribution in [0.25, 0.3) is 0 Å². The highest BCUT2D eigenvalue weighted by Crippen LogP contribution is 2.16. The van der Waals surface area contributed by atoms with Crippen molar-refractivity contribution in [2.24, 2.45) is 0 Å². The number of Topliss-reactive ketones (excluding diaryl/α,β-unsaturated/α-hetero) is 1. The van der Waals surface area contributed by atoms with Crippen LogP contribution in [0, 0.1) is 6.92 Å². The minimum Gasteiger partial charge on any atom is -0.378 e. The quantitative estimate of drug-likeness (QED) is 0.778. The molecule has 0 amide bonds. The number of carbonyl (C=O) groups excluding carboxylic acids is 1. The van der Waals surface area contributed by atoms with Gasteiger partial charge in [-0.25, -0.2) is 0 Å². The van der Waals surface area contributed by atoms with E-state index in [1.54, 1.807) is 6.20 Å². The van der Waals surface area contributed by atoms with Crippen molar-refractivity contribution < 1.29 is 9.53 Å². The maximum absolute atomic E-state index is 11.8. The first-order valence-corrected chi connectivity index (χ1v) is 5.79. The molecule has 1 saturated heterocycles. The molecule has 1 aromatic heterocycles. The van der Waals surface area contributed by atoms with E-state index in [0.29, 0.717) is 12.8 Å². The van der Waals surface area contributed by atoms with E-state index in [2.05, 4.69) is 4.98 Å². The van der Waals surface area contributed by atoms with Gasteiger partial charge in [-0.15, -0.1) is 0 Å². The predicted octanol–water partition coefficient (Wildman–Crippen LogP) is 2.07. The Kier molecular flexibility index (Phi) is 3.67. The summed E-state index contributed by atoms with van der Waals surface area (Å²) in [6, 6.07) is 3.88. The molecule has 0 saturated carbocycles. The third-order valence-electron chi connectivity index (χ3n) is 2.96. The lowest BCUT2D eigenvalue weighted by Gasteiger charge is -2.08. The van der Waals surface area contributed by atoms with Crippen LogP contribution in [0.1, 0.15) is 30.5 Å². The minimum absolute atomic E-state index is 0.150. The molecular weight excluding hydrogens is 202 g/mol. The summed E-state index contributed by atoms with van der Waals surface area (Å²) < 4.78 is 5.45. The Bertz CT molecular complexity index is 370. The lowest BCUT2D eigenvalue weighted by molar-refractivity contribution is -0.120. The Balaban J connectivity index is 1.89. The highest BCUT2D eigenvalue weighted by Gasteiger charge is 2.19. The van der Waals surface area contributed by atoms with Crippen molar-refractivity contribution in [3.63, 3.8) is 0 Å². The van der Waals surface area contributed by atoms with Gasteiger partial charge in [-0.2, -0.15) is 0 Å². The van der Waals surface area contributed by atoms with Crippen LogP contribution < -0.4 is 0 Å². The molecular formula is C13H17NO2. The molecule has 1 aliphatic heterocycles. The molecule has 16 heavy (non-hydrogen) atoms. The van der Waals surface area contributed by atoms with Crippen LogP contribution >= 0.6 is 0 Å². The normalized spacial score (nSPS) is 19.9. The van der Waals surface area contributed by atoms with Crippen molar-refractivity contribution in [3.8, 4) is 0 Å². The molecule has 3 heteroatoms. The Labute approximate surface area is 95.8 Å².